The molecule has 2 aromatic carbocycles. The zero-order valence-electron chi connectivity index (χ0n) is 35.6. The van der Waals surface area contributed by atoms with Crippen LogP contribution in [-0.4, -0.2) is 79.5 Å². The Morgan fingerprint density at radius 1 is 1.17 bits per heavy atom. The van der Waals surface area contributed by atoms with Crippen molar-refractivity contribution in [3.63, 3.8) is 0 Å². The average Bonchev–Trinajstić information content (AvgIpc) is 3.57. The van der Waals surface area contributed by atoms with Gasteiger partial charge in [0, 0.05) is 71.3 Å². The summed E-state index contributed by atoms with van der Waals surface area (Å²) in [6, 6.07) is 8.48. The van der Waals surface area contributed by atoms with E-state index in [9.17, 15) is 38.5 Å². The molecule has 3 aromatic rings. The summed E-state index contributed by atoms with van der Waals surface area (Å²) in [6.45, 7) is 12.2. The number of H-pyrrole nitrogens is 1. The van der Waals surface area contributed by atoms with E-state index in [0.717, 1.165) is 59.1 Å². The van der Waals surface area contributed by atoms with Gasteiger partial charge in [-0.1, -0.05) is 11.2 Å². The number of anilines is 1. The molecule has 0 bridgehead atoms. The highest BCUT2D eigenvalue weighted by molar-refractivity contribution is 7.70. The molecule has 0 spiro atoms. The van der Waals surface area contributed by atoms with Crippen LogP contribution in [-0.2, 0) is 33.7 Å². The van der Waals surface area contributed by atoms with Crippen molar-refractivity contribution in [1.29, 1.82) is 0 Å². The first-order valence-electron chi connectivity index (χ1n) is 20.8. The third-order valence-electron chi connectivity index (χ3n) is 11.9. The van der Waals surface area contributed by atoms with Gasteiger partial charge in [-0.2, -0.15) is 14.7 Å². The SMILES string of the molecule is CCN1c2cc3c(cc2C(C)CC1(C)C)N=c1cc2c(cc1O3)=[N+](CCCC(=O)NCC[C@H]1C[C@H](n3cc(C)c(=O)[nH]c3=O)O[C@@H]1COP(=O)(O)O[P+]([O-])(O)O[P+]([O-])(O)O)CCC2. The van der Waals surface area contributed by atoms with Crippen molar-refractivity contribution < 1.29 is 61.3 Å². The number of aromatic nitrogens is 2. The van der Waals surface area contributed by atoms with Gasteiger partial charge >= 0.3 is 29.9 Å². The van der Waals surface area contributed by atoms with Crippen LogP contribution >= 0.6 is 24.2 Å². The topological polar surface area (TPSA) is 293 Å². The number of ether oxygens (including phenoxy) is 2. The number of hydrogen-bond acceptors (Lipinski definition) is 16. The van der Waals surface area contributed by atoms with Crippen LogP contribution in [0.3, 0.4) is 0 Å². The van der Waals surface area contributed by atoms with E-state index in [1.807, 2.05) is 0 Å². The van der Waals surface area contributed by atoms with Crippen LogP contribution in [0.15, 0.2) is 45.0 Å². The Balaban J connectivity index is 0.981. The Morgan fingerprint density at radius 3 is 2.67 bits per heavy atom. The Hall–Kier alpha value is -3.52. The largest absolute Gasteiger partial charge is 0.603 e. The normalized spacial score (nSPS) is 23.3. The van der Waals surface area contributed by atoms with E-state index < -0.39 is 60.3 Å². The molecule has 1 saturated heterocycles. The molecule has 4 aliphatic heterocycles. The number of nitrogens with one attached hydrogen (secondary N) is 2. The molecule has 6 N–H and O–H groups in total. The number of hydrogen-bond donors (Lipinski definition) is 6. The van der Waals surface area contributed by atoms with Crippen LogP contribution in [0.4, 0.5) is 11.4 Å². The molecule has 0 saturated carbocycles. The first-order valence-corrected chi connectivity index (χ1v) is 25.3. The number of fused-ring (bicyclic) bond motifs is 4. The van der Waals surface area contributed by atoms with Gasteiger partial charge in [0.2, 0.25) is 11.3 Å². The second kappa shape index (κ2) is 18.4. The van der Waals surface area contributed by atoms with Gasteiger partial charge in [0.25, 0.3) is 5.56 Å². The summed E-state index contributed by atoms with van der Waals surface area (Å²) in [5, 5.41) is 4.74. The molecule has 0 radical (unpaired) electrons. The minimum Gasteiger partial charge on any atom is -0.603 e. The second-order valence-electron chi connectivity index (χ2n) is 17.0. The zero-order chi connectivity index (χ0) is 45.6. The molecule has 4 aliphatic rings. The number of phosphoric ester groups is 1. The number of nitrogens with zero attached hydrogens (tertiary/aromatic N) is 4. The average molecular weight is 940 g/mol. The highest BCUT2D eigenvalue weighted by Crippen LogP contribution is 2.69. The Kier molecular flexibility index (Phi) is 13.9. The van der Waals surface area contributed by atoms with Gasteiger partial charge in [-0.15, -0.1) is 0 Å². The minimum absolute atomic E-state index is 0.0143. The van der Waals surface area contributed by atoms with E-state index in [0.29, 0.717) is 24.6 Å². The van der Waals surface area contributed by atoms with Gasteiger partial charge in [-0.25, -0.2) is 18.9 Å². The highest BCUT2D eigenvalue weighted by Gasteiger charge is 2.50. The van der Waals surface area contributed by atoms with Gasteiger partial charge in [0.1, 0.15) is 30.4 Å². The van der Waals surface area contributed by atoms with Gasteiger partial charge in [-0.3, -0.25) is 23.7 Å². The molecule has 6 atom stereocenters. The molecule has 7 rings (SSSR count). The summed E-state index contributed by atoms with van der Waals surface area (Å²) >= 11 is 0. The smallest absolute Gasteiger partial charge is 0.511 e. The van der Waals surface area contributed by atoms with Crippen molar-refractivity contribution in [3.8, 4) is 11.5 Å². The monoisotopic (exact) mass is 939 g/mol. The van der Waals surface area contributed by atoms with Crippen LogP contribution < -0.4 is 51.3 Å². The Bertz CT molecular complexity index is 2540. The fourth-order valence-corrected chi connectivity index (χ4v) is 12.2. The van der Waals surface area contributed by atoms with E-state index in [1.165, 1.54) is 29.9 Å². The third-order valence-corrected chi connectivity index (χ3v) is 15.7. The van der Waals surface area contributed by atoms with E-state index in [1.54, 1.807) is 0 Å². The lowest BCUT2D eigenvalue weighted by atomic mass is 9.80. The number of aryl methyl sites for hydroxylation is 2. The second-order valence-corrected chi connectivity index (χ2v) is 21.4. The standard InChI is InChI=1S/C39H53N6O15P3/c1-6-45-31-19-33-29(17-27(31)23(2)20-39(45,4)5)41-28-15-25-9-7-13-43(30(25)18-32(28)57-33)14-8-10-35(46)40-12-11-26-16-36(44-21-24(3)37(47)42-38(44)48)58-34(26)22-56-62(52,53)60-63(54,55)59-61(49,50)51/h15,17-19,21,23,26,34,36H,6-14,16,20,22H2,1-5H3,(H5-,40,42,46,47,48,49,50,51,52,53,54,55)/p+1/t23?,26-,34+,36+/m0/s1. The quantitative estimate of drug-likeness (QED) is 0.0686. The van der Waals surface area contributed by atoms with Crippen molar-refractivity contribution >= 4 is 41.4 Å². The van der Waals surface area contributed by atoms with Crippen LogP contribution in [0.5, 0.6) is 11.5 Å². The summed E-state index contributed by atoms with van der Waals surface area (Å²) in [6.07, 6.45) is 3.27. The van der Waals surface area contributed by atoms with Gasteiger partial charge in [0.15, 0.2) is 11.5 Å². The molecule has 1 fully saturated rings. The molecule has 63 heavy (non-hydrogen) atoms. The van der Waals surface area contributed by atoms with Crippen LogP contribution in [0.1, 0.15) is 95.1 Å². The molecule has 5 heterocycles. The lowest BCUT2D eigenvalue weighted by molar-refractivity contribution is -0.256. The van der Waals surface area contributed by atoms with Crippen molar-refractivity contribution in [2.75, 3.05) is 37.7 Å². The summed E-state index contributed by atoms with van der Waals surface area (Å²) < 4.78 is 40.8. The maximum absolute atomic E-state index is 13.1. The number of carbonyl (C=O) groups is 1. The number of rotatable bonds is 16. The van der Waals surface area contributed by atoms with Crippen molar-refractivity contribution in [2.24, 2.45) is 10.9 Å². The lowest BCUT2D eigenvalue weighted by Gasteiger charge is -2.47. The third kappa shape index (κ3) is 11.1. The highest BCUT2D eigenvalue weighted by atomic mass is 31.3. The van der Waals surface area contributed by atoms with Crippen molar-refractivity contribution in [3.05, 3.63) is 78.7 Å². The first kappa shape index (κ1) is 47.4. The predicted octanol–water partition coefficient (Wildman–Crippen LogP) is 1.54. The maximum Gasteiger partial charge on any atom is 0.511 e. The molecule has 21 nitrogen and oxygen atoms in total. The van der Waals surface area contributed by atoms with Crippen LogP contribution in [0.25, 0.3) is 0 Å². The molecule has 1 amide bonds. The Morgan fingerprint density at radius 2 is 1.94 bits per heavy atom. The lowest BCUT2D eigenvalue weighted by Crippen LogP contribution is -2.48. The molecular weight excluding hydrogens is 885 g/mol. The predicted molar refractivity (Wildman–Crippen MR) is 226 cm³/mol. The van der Waals surface area contributed by atoms with E-state index >= 15 is 0 Å². The fraction of sp³-hybridized carbons (Fsp3) is 0.564. The molecule has 0 aliphatic carbocycles. The summed E-state index contributed by atoms with van der Waals surface area (Å²) in [5.41, 5.74) is 3.32. The van der Waals surface area contributed by atoms with E-state index in [-0.39, 0.29) is 42.8 Å². The summed E-state index contributed by atoms with van der Waals surface area (Å²) in [4.78, 5) is 107. The van der Waals surface area contributed by atoms with Gasteiger partial charge in [0.05, 0.1) is 18.8 Å². The maximum atomic E-state index is 13.1. The van der Waals surface area contributed by atoms with Crippen LogP contribution in [0, 0.1) is 12.8 Å². The summed E-state index contributed by atoms with van der Waals surface area (Å²) in [7, 11) is -16.8. The zero-order valence-corrected chi connectivity index (χ0v) is 38.3. The van der Waals surface area contributed by atoms with Gasteiger partial charge < -0.3 is 34.4 Å². The molecule has 1 aromatic heterocycles. The molecule has 24 heteroatoms. The van der Waals surface area contributed by atoms with Crippen molar-refractivity contribution in [2.45, 2.75) is 103 Å². The van der Waals surface area contributed by atoms with E-state index in [4.69, 9.17) is 28.8 Å². The number of benzene rings is 2. The molecule has 3 unspecified atom stereocenters. The summed E-state index contributed by atoms with van der Waals surface area (Å²) in [5.74, 6) is 1.06. The molecule has 344 valence electrons. The molecular formula is C39H54N6O15P3+. The van der Waals surface area contributed by atoms with Gasteiger partial charge in [-0.05, 0) is 82.9 Å². The number of amides is 1. The van der Waals surface area contributed by atoms with E-state index in [2.05, 4.69) is 80.4 Å². The Labute approximate surface area is 363 Å². The number of aromatic amines is 1. The van der Waals surface area contributed by atoms with Crippen LogP contribution in [0.2, 0.25) is 0 Å². The number of carbonyl (C=O) groups excluding carboxylic acids is 1. The minimum atomic E-state index is -5.76. The number of phosphoric acid groups is 3. The fourth-order valence-electron chi connectivity index (χ4n) is 9.22. The first-order chi connectivity index (χ1) is 29.5. The van der Waals surface area contributed by atoms with Crippen molar-refractivity contribution in [1.82, 2.24) is 19.4 Å².